The van der Waals surface area contributed by atoms with Gasteiger partial charge in [0.1, 0.15) is 35.3 Å². The molecule has 3 aromatic heterocycles. The number of sulfone groups is 1. The van der Waals surface area contributed by atoms with Crippen molar-refractivity contribution < 1.29 is 48.0 Å². The lowest BCUT2D eigenvalue weighted by Crippen LogP contribution is -2.34. The fraction of sp³-hybridized carbons (Fsp3) is 0.415. The number of aryl methyl sites for hydroxylation is 1. The van der Waals surface area contributed by atoms with Crippen molar-refractivity contribution in [2.75, 3.05) is 11.0 Å². The van der Waals surface area contributed by atoms with E-state index in [2.05, 4.69) is 32.1 Å². The van der Waals surface area contributed by atoms with E-state index in [-0.39, 0.29) is 62.7 Å². The maximum absolute atomic E-state index is 14.7. The average molecular weight is 924 g/mol. The molecule has 2 aliphatic carbocycles. The van der Waals surface area contributed by atoms with Gasteiger partial charge in [-0.2, -0.15) is 10.2 Å². The number of nitrogens with one attached hydrogen (secondary N) is 2. The van der Waals surface area contributed by atoms with E-state index in [9.17, 15) is 48.0 Å². The SMILES string of the molecule is Cn1nc(NS(C)(=O)=O)c2c(Cl)ccc(-c3ccc(C#CCC(C)(C)S(=O)(=O)C4CC4)nc3[C@H](Cc3cc(F)cc(F)c3)NC(=O)Cn3nc(C(F)F)c(C4CC4)c3C(F)F)c21. The lowest BCUT2D eigenvalue weighted by molar-refractivity contribution is -0.122. The Balaban J connectivity index is 1.38. The van der Waals surface area contributed by atoms with Gasteiger partial charge in [-0.05, 0) is 93.7 Å². The van der Waals surface area contributed by atoms with Crippen LogP contribution in [0.2, 0.25) is 5.02 Å². The van der Waals surface area contributed by atoms with E-state index in [1.807, 2.05) is 0 Å². The van der Waals surface area contributed by atoms with Crippen LogP contribution < -0.4 is 10.0 Å². The van der Waals surface area contributed by atoms with Crippen molar-refractivity contribution in [3.8, 4) is 23.0 Å². The molecule has 7 rings (SSSR count). The summed E-state index contributed by atoms with van der Waals surface area (Å²) in [6.45, 7) is 2.20. The summed E-state index contributed by atoms with van der Waals surface area (Å²) < 4.78 is 140. The number of carbonyl (C=O) groups is 1. The lowest BCUT2D eigenvalue weighted by atomic mass is 9.93. The van der Waals surface area contributed by atoms with Crippen LogP contribution in [0.25, 0.3) is 22.0 Å². The largest absolute Gasteiger partial charge is 0.346 e. The second-order valence-electron chi connectivity index (χ2n) is 16.1. The van der Waals surface area contributed by atoms with E-state index in [0.717, 1.165) is 18.4 Å². The Morgan fingerprint density at radius 1 is 0.935 bits per heavy atom. The first kappa shape index (κ1) is 44.9. The minimum atomic E-state index is -3.86. The van der Waals surface area contributed by atoms with Crippen molar-refractivity contribution in [1.82, 2.24) is 29.9 Å². The third kappa shape index (κ3) is 9.44. The van der Waals surface area contributed by atoms with E-state index in [1.54, 1.807) is 26.0 Å². The quantitative estimate of drug-likeness (QED) is 0.0789. The number of hydrogen-bond acceptors (Lipinski definition) is 8. The molecule has 330 valence electrons. The Morgan fingerprint density at radius 2 is 1.60 bits per heavy atom. The molecule has 2 fully saturated rings. The Labute approximate surface area is 358 Å². The van der Waals surface area contributed by atoms with Crippen LogP contribution in [0, 0.1) is 23.5 Å². The maximum atomic E-state index is 14.7. The minimum absolute atomic E-state index is 0.00335. The third-order valence-electron chi connectivity index (χ3n) is 10.7. The highest BCUT2D eigenvalue weighted by molar-refractivity contribution is 7.93. The lowest BCUT2D eigenvalue weighted by Gasteiger charge is -2.23. The first-order chi connectivity index (χ1) is 29.0. The third-order valence-corrected chi connectivity index (χ3v) is 14.6. The highest BCUT2D eigenvalue weighted by Gasteiger charge is 2.45. The zero-order chi connectivity index (χ0) is 45.1. The van der Waals surface area contributed by atoms with Crippen LogP contribution in [-0.2, 0) is 44.7 Å². The van der Waals surface area contributed by atoms with Crippen LogP contribution in [0.5, 0.6) is 0 Å². The predicted octanol–water partition coefficient (Wildman–Crippen LogP) is 8.09. The van der Waals surface area contributed by atoms with Gasteiger partial charge in [0, 0.05) is 36.2 Å². The number of halogens is 7. The molecule has 0 bridgehead atoms. The molecule has 5 aromatic rings. The molecule has 2 saturated carbocycles. The summed E-state index contributed by atoms with van der Waals surface area (Å²) in [7, 11) is -5.85. The second-order valence-corrected chi connectivity index (χ2v) is 21.1. The molecule has 0 saturated heterocycles. The van der Waals surface area contributed by atoms with Gasteiger partial charge in [-0.3, -0.25) is 18.9 Å². The Morgan fingerprint density at radius 3 is 2.19 bits per heavy atom. The van der Waals surface area contributed by atoms with E-state index >= 15 is 0 Å². The molecule has 1 amide bonds. The molecule has 0 unspecified atom stereocenters. The van der Waals surface area contributed by atoms with E-state index in [4.69, 9.17) is 16.6 Å². The smallest absolute Gasteiger partial charge is 0.282 e. The monoisotopic (exact) mass is 923 g/mol. The van der Waals surface area contributed by atoms with Gasteiger partial charge in [-0.1, -0.05) is 23.6 Å². The molecule has 0 aliphatic heterocycles. The topological polar surface area (TPSA) is 158 Å². The van der Waals surface area contributed by atoms with E-state index in [0.29, 0.717) is 42.0 Å². The summed E-state index contributed by atoms with van der Waals surface area (Å²) in [4.78, 5) is 18.8. The van der Waals surface area contributed by atoms with Crippen molar-refractivity contribution in [3.05, 3.63) is 93.0 Å². The number of pyridine rings is 1. The van der Waals surface area contributed by atoms with Crippen molar-refractivity contribution in [1.29, 1.82) is 0 Å². The molecule has 0 radical (unpaired) electrons. The molecule has 0 spiro atoms. The fourth-order valence-corrected chi connectivity index (χ4v) is 10.2. The average Bonchev–Trinajstić information content (AvgIpc) is 4.10. The number of carbonyl (C=O) groups excluding carboxylic acids is 1. The summed E-state index contributed by atoms with van der Waals surface area (Å²) in [6, 6.07) is 7.40. The maximum Gasteiger partial charge on any atom is 0.282 e. The first-order valence-electron chi connectivity index (χ1n) is 19.3. The summed E-state index contributed by atoms with van der Waals surface area (Å²) in [5.41, 5.74) is -1.01. The number of alkyl halides is 4. The van der Waals surface area contributed by atoms with Gasteiger partial charge in [0.25, 0.3) is 12.9 Å². The first-order valence-corrected chi connectivity index (χ1v) is 23.1. The fourth-order valence-electron chi connectivity index (χ4n) is 7.52. The minimum Gasteiger partial charge on any atom is -0.346 e. The van der Waals surface area contributed by atoms with Gasteiger partial charge in [0.2, 0.25) is 15.9 Å². The van der Waals surface area contributed by atoms with Gasteiger partial charge in [-0.15, -0.1) is 0 Å². The standard InChI is InChI=1S/C41H40ClF6N7O5S2/c1-41(2,62(59,60)26-10-11-26)15-5-6-25-9-12-27(28-13-14-29(42)33-36(28)54(3)52-40(33)53-61(4,57)58)34(49-25)30(18-21-16-23(43)19-24(44)17-21)50-31(56)20-55-37(39(47)48)32(22-7-8-22)35(51-55)38(45)46/h9,12-14,16-17,19,22,26,30,38-39H,7-8,10-11,15,18,20H2,1-4H3,(H,50,56)(H,52,53)/t30-/m0/s1. The van der Waals surface area contributed by atoms with Crippen LogP contribution in [-0.4, -0.2) is 63.5 Å². The number of benzene rings is 2. The van der Waals surface area contributed by atoms with Crippen molar-refractivity contribution in [3.63, 3.8) is 0 Å². The zero-order valence-corrected chi connectivity index (χ0v) is 36.0. The molecule has 12 nitrogen and oxygen atoms in total. The predicted molar refractivity (Wildman–Crippen MR) is 220 cm³/mol. The number of anilines is 1. The second kappa shape index (κ2) is 16.9. The molecule has 3 heterocycles. The molecule has 1 atom stereocenters. The number of aromatic nitrogens is 5. The van der Waals surface area contributed by atoms with Gasteiger partial charge in [0.15, 0.2) is 15.7 Å². The highest BCUT2D eigenvalue weighted by Crippen LogP contribution is 2.48. The summed E-state index contributed by atoms with van der Waals surface area (Å²) in [5, 5.41) is 10.6. The van der Waals surface area contributed by atoms with Gasteiger partial charge >= 0.3 is 0 Å². The zero-order valence-electron chi connectivity index (χ0n) is 33.6. The normalized spacial score (nSPS) is 15.2. The van der Waals surface area contributed by atoms with Crippen molar-refractivity contribution in [2.24, 2.45) is 7.05 Å². The molecule has 21 heteroatoms. The van der Waals surface area contributed by atoms with Crippen LogP contribution >= 0.6 is 11.6 Å². The van der Waals surface area contributed by atoms with Gasteiger partial charge in [0.05, 0.1) is 43.9 Å². The van der Waals surface area contributed by atoms with Crippen LogP contribution in [0.4, 0.5) is 32.2 Å². The number of hydrogen-bond donors (Lipinski definition) is 2. The summed E-state index contributed by atoms with van der Waals surface area (Å²) >= 11 is 6.61. The Hall–Kier alpha value is -5.13. The number of rotatable bonds is 15. The number of fused-ring (bicyclic) bond motifs is 1. The molecule has 62 heavy (non-hydrogen) atoms. The van der Waals surface area contributed by atoms with Crippen LogP contribution in [0.3, 0.4) is 0 Å². The van der Waals surface area contributed by atoms with Crippen LogP contribution in [0.1, 0.15) is 105 Å². The van der Waals surface area contributed by atoms with Crippen molar-refractivity contribution in [2.45, 2.75) is 93.7 Å². The Bertz CT molecular complexity index is 2870. The number of sulfonamides is 1. The van der Waals surface area contributed by atoms with Gasteiger partial charge < -0.3 is 5.32 Å². The summed E-state index contributed by atoms with van der Waals surface area (Å²) in [6.07, 6.45) is -4.07. The number of amides is 1. The van der Waals surface area contributed by atoms with Crippen molar-refractivity contribution >= 4 is 54.1 Å². The van der Waals surface area contributed by atoms with E-state index < -0.39 is 90.1 Å². The summed E-state index contributed by atoms with van der Waals surface area (Å²) in [5.74, 6) is 2.19. The molecular weight excluding hydrogens is 884 g/mol. The molecule has 2 N–H and O–H groups in total. The molecule has 2 aliphatic rings. The van der Waals surface area contributed by atoms with E-state index in [1.165, 1.54) is 23.9 Å². The highest BCUT2D eigenvalue weighted by atomic mass is 35.5. The molecular formula is C41H40ClF6N7O5S2. The van der Waals surface area contributed by atoms with Gasteiger partial charge in [-0.25, -0.2) is 48.2 Å². The van der Waals surface area contributed by atoms with Crippen LogP contribution in [0.15, 0.2) is 42.5 Å². The Kier molecular flexibility index (Phi) is 12.2. The molecule has 2 aromatic carbocycles. The number of nitrogens with zero attached hydrogens (tertiary/aromatic N) is 5.